The van der Waals surface area contributed by atoms with Crippen LogP contribution in [-0.4, -0.2) is 21.3 Å². The van der Waals surface area contributed by atoms with E-state index in [4.69, 9.17) is 14.0 Å². The predicted molar refractivity (Wildman–Crippen MR) is 82.2 cm³/mol. The molecule has 2 N–H and O–H groups in total. The van der Waals surface area contributed by atoms with Gasteiger partial charge in [-0.2, -0.15) is 0 Å². The fourth-order valence-corrected chi connectivity index (χ4v) is 2.79. The number of benzene rings is 1. The van der Waals surface area contributed by atoms with Crippen molar-refractivity contribution in [1.29, 1.82) is 0 Å². The van der Waals surface area contributed by atoms with Gasteiger partial charge in [0.15, 0.2) is 0 Å². The van der Waals surface area contributed by atoms with E-state index in [-0.39, 0.29) is 6.42 Å². The van der Waals surface area contributed by atoms with Crippen molar-refractivity contribution in [2.75, 3.05) is 0 Å². The molecule has 0 saturated carbocycles. The zero-order chi connectivity index (χ0) is 16.6. The van der Waals surface area contributed by atoms with E-state index >= 15 is 0 Å². The topological polar surface area (TPSA) is 96.7 Å². The molecule has 23 heavy (non-hydrogen) atoms. The van der Waals surface area contributed by atoms with Crippen molar-refractivity contribution in [3.8, 4) is 0 Å². The number of aliphatic hydroxyl groups excluding tert-OH is 1. The number of carboxylic acids is 1. The average molecular weight is 315 g/mol. The predicted octanol–water partition coefficient (Wildman–Crippen LogP) is 2.94. The molecule has 2 aromatic heterocycles. The summed E-state index contributed by atoms with van der Waals surface area (Å²) in [4.78, 5) is 10.8. The highest BCUT2D eigenvalue weighted by Crippen LogP contribution is 2.28. The number of furan rings is 1. The summed E-state index contributed by atoms with van der Waals surface area (Å²) in [6.07, 6.45) is -0.496. The Bertz CT molecular complexity index is 842. The summed E-state index contributed by atoms with van der Waals surface area (Å²) in [6, 6.07) is 7.09. The van der Waals surface area contributed by atoms with Gasteiger partial charge in [-0.3, -0.25) is 4.79 Å². The first-order valence-electron chi connectivity index (χ1n) is 7.28. The van der Waals surface area contributed by atoms with Crippen LogP contribution in [0.25, 0.3) is 11.0 Å². The third-order valence-corrected chi connectivity index (χ3v) is 3.80. The van der Waals surface area contributed by atoms with Crippen LogP contribution in [0.3, 0.4) is 0 Å². The van der Waals surface area contributed by atoms with Gasteiger partial charge in [0.05, 0.1) is 18.2 Å². The molecule has 3 rings (SSSR count). The van der Waals surface area contributed by atoms with Gasteiger partial charge in [0.25, 0.3) is 0 Å². The Morgan fingerprint density at radius 3 is 2.74 bits per heavy atom. The van der Waals surface area contributed by atoms with Gasteiger partial charge in [0.2, 0.25) is 0 Å². The number of carboxylic acid groups (broad SMARTS) is 1. The first-order valence-corrected chi connectivity index (χ1v) is 7.28. The van der Waals surface area contributed by atoms with Gasteiger partial charge in [-0.15, -0.1) is 0 Å². The van der Waals surface area contributed by atoms with Crippen LogP contribution in [0, 0.1) is 13.8 Å². The van der Waals surface area contributed by atoms with Crippen LogP contribution in [0.2, 0.25) is 0 Å². The van der Waals surface area contributed by atoms with Crippen molar-refractivity contribution in [3.63, 3.8) is 0 Å². The fraction of sp³-hybridized carbons (Fsp3) is 0.294. The quantitative estimate of drug-likeness (QED) is 0.751. The summed E-state index contributed by atoms with van der Waals surface area (Å²) >= 11 is 0. The molecule has 2 heterocycles. The molecule has 0 spiro atoms. The third-order valence-electron chi connectivity index (χ3n) is 3.80. The van der Waals surface area contributed by atoms with E-state index in [0.29, 0.717) is 40.3 Å². The van der Waals surface area contributed by atoms with Crippen molar-refractivity contribution in [2.45, 2.75) is 32.8 Å². The van der Waals surface area contributed by atoms with Gasteiger partial charge in [-0.1, -0.05) is 11.2 Å². The zero-order valence-electron chi connectivity index (χ0n) is 12.9. The first kappa shape index (κ1) is 15.3. The monoisotopic (exact) mass is 315 g/mol. The minimum Gasteiger partial charge on any atom is -0.481 e. The SMILES string of the molecule is Cc1noc(C)c1C(O)Cc1cc2cc(CC(=O)O)ccc2o1. The van der Waals surface area contributed by atoms with E-state index in [9.17, 15) is 9.90 Å². The number of carbonyl (C=O) groups is 1. The minimum atomic E-state index is -0.873. The van der Waals surface area contributed by atoms with Crippen LogP contribution in [0.1, 0.15) is 34.4 Å². The van der Waals surface area contributed by atoms with Crippen LogP contribution in [0.4, 0.5) is 0 Å². The minimum absolute atomic E-state index is 0.0296. The lowest BCUT2D eigenvalue weighted by Gasteiger charge is -2.07. The van der Waals surface area contributed by atoms with Gasteiger partial charge >= 0.3 is 5.97 Å². The Balaban J connectivity index is 1.84. The molecule has 120 valence electrons. The number of aliphatic hydroxyl groups is 1. The average Bonchev–Trinajstić information content (AvgIpc) is 3.00. The maximum absolute atomic E-state index is 10.8. The molecule has 1 unspecified atom stereocenters. The Kier molecular flexibility index (Phi) is 3.92. The number of aliphatic carboxylic acids is 1. The van der Waals surface area contributed by atoms with Gasteiger partial charge in [-0.25, -0.2) is 0 Å². The molecule has 0 bridgehead atoms. The summed E-state index contributed by atoms with van der Waals surface area (Å²) in [7, 11) is 0. The van der Waals surface area contributed by atoms with Crippen molar-refractivity contribution < 1.29 is 23.9 Å². The third kappa shape index (κ3) is 3.12. The van der Waals surface area contributed by atoms with Crippen LogP contribution < -0.4 is 0 Å². The maximum atomic E-state index is 10.8. The van der Waals surface area contributed by atoms with Gasteiger partial charge in [0.1, 0.15) is 17.1 Å². The molecule has 0 fully saturated rings. The number of fused-ring (bicyclic) bond motifs is 1. The van der Waals surface area contributed by atoms with Crippen LogP contribution in [0.15, 0.2) is 33.2 Å². The summed E-state index contributed by atoms with van der Waals surface area (Å²) in [6.45, 7) is 3.54. The molecule has 1 aromatic carbocycles. The molecule has 0 radical (unpaired) electrons. The smallest absolute Gasteiger partial charge is 0.307 e. The molecular weight excluding hydrogens is 298 g/mol. The Morgan fingerprint density at radius 1 is 1.30 bits per heavy atom. The van der Waals surface area contributed by atoms with Gasteiger partial charge < -0.3 is 19.2 Å². The van der Waals surface area contributed by atoms with E-state index in [1.165, 1.54) is 0 Å². The first-order chi connectivity index (χ1) is 10.9. The second-order valence-electron chi connectivity index (χ2n) is 5.61. The summed E-state index contributed by atoms with van der Waals surface area (Å²) in [5, 5.41) is 23.9. The van der Waals surface area contributed by atoms with E-state index in [0.717, 1.165) is 5.39 Å². The zero-order valence-corrected chi connectivity index (χ0v) is 12.9. The summed E-state index contributed by atoms with van der Waals surface area (Å²) in [5.74, 6) is 0.344. The largest absolute Gasteiger partial charge is 0.481 e. The van der Waals surface area contributed by atoms with Gasteiger partial charge in [0, 0.05) is 17.4 Å². The molecule has 3 aromatic rings. The van der Waals surface area contributed by atoms with Crippen molar-refractivity contribution in [1.82, 2.24) is 5.16 Å². The summed E-state index contributed by atoms with van der Waals surface area (Å²) < 4.78 is 10.8. The number of nitrogens with zero attached hydrogens (tertiary/aromatic N) is 1. The molecule has 6 heteroatoms. The standard InChI is InChI=1S/C17H17NO5/c1-9-17(10(2)23-18-9)14(19)8-13-7-12-5-11(6-16(20)21)3-4-15(12)22-13/h3-5,7,14,19H,6,8H2,1-2H3,(H,20,21). The lowest BCUT2D eigenvalue weighted by molar-refractivity contribution is -0.136. The number of aromatic nitrogens is 1. The van der Waals surface area contributed by atoms with Crippen LogP contribution in [0.5, 0.6) is 0 Å². The second-order valence-corrected chi connectivity index (χ2v) is 5.61. The molecule has 0 aliphatic carbocycles. The normalized spacial score (nSPS) is 12.7. The van der Waals surface area contributed by atoms with E-state index in [1.54, 1.807) is 32.0 Å². The number of rotatable bonds is 5. The molecule has 0 aliphatic rings. The maximum Gasteiger partial charge on any atom is 0.307 e. The molecule has 0 aliphatic heterocycles. The highest BCUT2D eigenvalue weighted by molar-refractivity contribution is 5.80. The van der Waals surface area contributed by atoms with E-state index < -0.39 is 12.1 Å². The highest BCUT2D eigenvalue weighted by atomic mass is 16.5. The molecule has 6 nitrogen and oxygen atoms in total. The number of aryl methyl sites for hydroxylation is 2. The molecule has 1 atom stereocenters. The lowest BCUT2D eigenvalue weighted by atomic mass is 10.0. The Morgan fingerprint density at radius 2 is 2.09 bits per heavy atom. The lowest BCUT2D eigenvalue weighted by Crippen LogP contribution is -2.03. The Labute approximate surface area is 132 Å². The van der Waals surface area contributed by atoms with Crippen molar-refractivity contribution >= 4 is 16.9 Å². The summed E-state index contributed by atoms with van der Waals surface area (Å²) in [5.41, 5.74) is 2.72. The molecule has 0 amide bonds. The van der Waals surface area contributed by atoms with E-state index in [1.807, 2.05) is 6.07 Å². The highest BCUT2D eigenvalue weighted by Gasteiger charge is 2.20. The van der Waals surface area contributed by atoms with E-state index in [2.05, 4.69) is 5.16 Å². The molecular formula is C17H17NO5. The second kappa shape index (κ2) is 5.89. The van der Waals surface area contributed by atoms with Crippen molar-refractivity contribution in [3.05, 3.63) is 52.6 Å². The van der Waals surface area contributed by atoms with Crippen LogP contribution >= 0.6 is 0 Å². The van der Waals surface area contributed by atoms with Crippen molar-refractivity contribution in [2.24, 2.45) is 0 Å². The Hall–Kier alpha value is -2.60. The van der Waals surface area contributed by atoms with Crippen LogP contribution in [-0.2, 0) is 17.6 Å². The molecule has 0 saturated heterocycles. The number of hydrogen-bond donors (Lipinski definition) is 2. The van der Waals surface area contributed by atoms with Gasteiger partial charge in [-0.05, 0) is 37.6 Å². The number of hydrogen-bond acceptors (Lipinski definition) is 5. The fourth-order valence-electron chi connectivity index (χ4n) is 2.79.